The Morgan fingerprint density at radius 3 is 2.54 bits per heavy atom. The molecule has 202 valence electrons. The number of imide groups is 1. The minimum Gasteiger partial charge on any atom is -0.490 e. The van der Waals surface area contributed by atoms with E-state index in [1.807, 2.05) is 6.92 Å². The molecule has 0 atom stereocenters. The molecule has 0 saturated carbocycles. The first kappa shape index (κ1) is 28.9. The molecule has 4 rings (SSSR count). The Morgan fingerprint density at radius 1 is 1.10 bits per heavy atom. The van der Waals surface area contributed by atoms with E-state index in [-0.39, 0.29) is 11.5 Å². The number of halogens is 4. The molecule has 3 aromatic rings. The molecule has 7 nitrogen and oxygen atoms in total. The van der Waals surface area contributed by atoms with E-state index >= 15 is 0 Å². The summed E-state index contributed by atoms with van der Waals surface area (Å²) in [5.41, 5.74) is 1.65. The molecule has 39 heavy (non-hydrogen) atoms. The number of ether oxygens (including phenoxy) is 2. The van der Waals surface area contributed by atoms with E-state index < -0.39 is 29.4 Å². The van der Waals surface area contributed by atoms with Gasteiger partial charge >= 0.3 is 0 Å². The number of thioether (sulfide) groups is 1. The molecule has 3 aromatic carbocycles. The van der Waals surface area contributed by atoms with Crippen molar-refractivity contribution in [1.82, 2.24) is 4.90 Å². The lowest BCUT2D eigenvalue weighted by Gasteiger charge is -2.15. The summed E-state index contributed by atoms with van der Waals surface area (Å²) in [6, 6.07) is 13.7. The number of nitrogens with zero attached hydrogens (tertiary/aromatic N) is 1. The van der Waals surface area contributed by atoms with Crippen LogP contribution in [0.4, 0.5) is 14.9 Å². The molecule has 0 bridgehead atoms. The first-order valence-corrected chi connectivity index (χ1v) is 13.8. The van der Waals surface area contributed by atoms with Crippen molar-refractivity contribution in [2.45, 2.75) is 13.5 Å². The van der Waals surface area contributed by atoms with Crippen LogP contribution in [0.15, 0.2) is 64.0 Å². The van der Waals surface area contributed by atoms with E-state index in [9.17, 15) is 18.8 Å². The van der Waals surface area contributed by atoms with Crippen molar-refractivity contribution < 1.29 is 28.2 Å². The average molecular weight is 654 g/mol. The lowest BCUT2D eigenvalue weighted by molar-refractivity contribution is -0.127. The normalized spacial score (nSPS) is 14.2. The van der Waals surface area contributed by atoms with Crippen LogP contribution in [0, 0.1) is 5.82 Å². The van der Waals surface area contributed by atoms with Crippen molar-refractivity contribution in [2.75, 3.05) is 18.5 Å². The van der Waals surface area contributed by atoms with Gasteiger partial charge in [-0.1, -0.05) is 29.3 Å². The number of hydrogen-bond acceptors (Lipinski definition) is 6. The van der Waals surface area contributed by atoms with Gasteiger partial charge in [0.1, 0.15) is 19.0 Å². The molecule has 1 heterocycles. The molecule has 0 aromatic heterocycles. The Hall–Kier alpha value is -3.05. The maximum Gasteiger partial charge on any atom is 0.294 e. The summed E-state index contributed by atoms with van der Waals surface area (Å²) < 4.78 is 25.4. The maximum absolute atomic E-state index is 13.1. The maximum atomic E-state index is 13.1. The lowest BCUT2D eigenvalue weighted by Crippen LogP contribution is -2.36. The van der Waals surface area contributed by atoms with E-state index in [0.29, 0.717) is 43.9 Å². The van der Waals surface area contributed by atoms with Crippen LogP contribution in [-0.4, -0.2) is 35.1 Å². The monoisotopic (exact) mass is 652 g/mol. The number of hydrogen-bond donors (Lipinski definition) is 1. The van der Waals surface area contributed by atoms with Gasteiger partial charge in [-0.3, -0.25) is 19.3 Å². The number of benzene rings is 3. The fourth-order valence-corrected chi connectivity index (χ4v) is 5.40. The molecule has 1 aliphatic heterocycles. The van der Waals surface area contributed by atoms with Crippen molar-refractivity contribution in [1.29, 1.82) is 0 Å². The molecule has 12 heteroatoms. The summed E-state index contributed by atoms with van der Waals surface area (Å²) >= 11 is 16.4. The van der Waals surface area contributed by atoms with Crippen LogP contribution >= 0.6 is 50.9 Å². The van der Waals surface area contributed by atoms with E-state index in [0.717, 1.165) is 22.2 Å². The highest BCUT2D eigenvalue weighted by Gasteiger charge is 2.36. The molecule has 0 aliphatic carbocycles. The predicted molar refractivity (Wildman–Crippen MR) is 154 cm³/mol. The van der Waals surface area contributed by atoms with Crippen LogP contribution in [0.2, 0.25) is 10.0 Å². The minimum absolute atomic E-state index is 0.144. The number of amides is 3. The van der Waals surface area contributed by atoms with Crippen LogP contribution in [0.1, 0.15) is 18.1 Å². The van der Waals surface area contributed by atoms with Crippen molar-refractivity contribution in [2.24, 2.45) is 0 Å². The summed E-state index contributed by atoms with van der Waals surface area (Å²) in [6.45, 7) is 1.86. The fraction of sp³-hybridized carbons (Fsp3) is 0.148. The van der Waals surface area contributed by atoms with Gasteiger partial charge in [0.2, 0.25) is 5.91 Å². The van der Waals surface area contributed by atoms with Gasteiger partial charge in [0.25, 0.3) is 11.1 Å². The van der Waals surface area contributed by atoms with Crippen molar-refractivity contribution in [3.05, 3.63) is 91.0 Å². The second-order valence-electron chi connectivity index (χ2n) is 8.11. The third kappa shape index (κ3) is 7.33. The highest BCUT2D eigenvalue weighted by atomic mass is 79.9. The second kappa shape index (κ2) is 12.9. The summed E-state index contributed by atoms with van der Waals surface area (Å²) in [5, 5.41) is 2.94. The summed E-state index contributed by atoms with van der Waals surface area (Å²) in [6.07, 6.45) is 1.54. The van der Waals surface area contributed by atoms with Gasteiger partial charge in [0.05, 0.1) is 16.0 Å². The highest BCUT2D eigenvalue weighted by Crippen LogP contribution is 2.40. The first-order chi connectivity index (χ1) is 18.6. The van der Waals surface area contributed by atoms with Gasteiger partial charge in [0.15, 0.2) is 11.5 Å². The molecule has 1 saturated heterocycles. The Labute approximate surface area is 246 Å². The van der Waals surface area contributed by atoms with Gasteiger partial charge in [-0.25, -0.2) is 4.39 Å². The molecule has 1 fully saturated rings. The van der Waals surface area contributed by atoms with E-state index in [4.69, 9.17) is 32.7 Å². The third-order valence-electron chi connectivity index (χ3n) is 5.32. The predicted octanol–water partition coefficient (Wildman–Crippen LogP) is 7.55. The van der Waals surface area contributed by atoms with Crippen LogP contribution < -0.4 is 14.8 Å². The zero-order chi connectivity index (χ0) is 28.1. The minimum atomic E-state index is -0.606. The summed E-state index contributed by atoms with van der Waals surface area (Å²) in [4.78, 5) is 38.8. The summed E-state index contributed by atoms with van der Waals surface area (Å²) in [5.74, 6) is -0.791. The van der Waals surface area contributed by atoms with Crippen molar-refractivity contribution in [3.63, 3.8) is 0 Å². The zero-order valence-electron chi connectivity index (χ0n) is 20.3. The molecular weight excluding hydrogens is 634 g/mol. The topological polar surface area (TPSA) is 84.9 Å². The molecule has 0 radical (unpaired) electrons. The smallest absolute Gasteiger partial charge is 0.294 e. The van der Waals surface area contributed by atoms with Crippen LogP contribution in [0.25, 0.3) is 6.08 Å². The number of carbonyl (C=O) groups excluding carboxylic acids is 3. The Balaban J connectivity index is 1.49. The van der Waals surface area contributed by atoms with Gasteiger partial charge in [-0.2, -0.15) is 0 Å². The molecule has 0 unspecified atom stereocenters. The van der Waals surface area contributed by atoms with Crippen LogP contribution in [-0.2, 0) is 16.2 Å². The molecule has 1 aliphatic rings. The van der Waals surface area contributed by atoms with Gasteiger partial charge in [0, 0.05) is 21.3 Å². The standard InChI is InChI=1S/C27H20BrCl2FN2O5S/c1-2-37-22-10-15(9-20(28)25(22)38-14-16-3-4-17(29)12-21(16)30)11-23-26(35)33(27(36)39-23)13-24(34)32-19-7-5-18(31)6-8-19/h3-12H,2,13-14H2,1H3,(H,32,34)/b23-11-. The second-order valence-corrected chi connectivity index (χ2v) is 10.8. The van der Waals surface area contributed by atoms with E-state index in [1.165, 1.54) is 30.3 Å². The van der Waals surface area contributed by atoms with Gasteiger partial charge in [-0.15, -0.1) is 0 Å². The Kier molecular flexibility index (Phi) is 9.55. The zero-order valence-corrected chi connectivity index (χ0v) is 24.2. The summed E-state index contributed by atoms with van der Waals surface area (Å²) in [7, 11) is 0. The fourth-order valence-electron chi connectivity index (χ4n) is 3.53. The van der Waals surface area contributed by atoms with E-state index in [1.54, 1.807) is 30.3 Å². The number of nitrogens with one attached hydrogen (secondary N) is 1. The first-order valence-electron chi connectivity index (χ1n) is 11.5. The molecule has 1 N–H and O–H groups in total. The number of anilines is 1. The molecule has 0 spiro atoms. The Morgan fingerprint density at radius 2 is 1.85 bits per heavy atom. The van der Waals surface area contributed by atoms with Crippen molar-refractivity contribution in [3.8, 4) is 11.5 Å². The molecular formula is C27H20BrCl2FN2O5S. The lowest BCUT2D eigenvalue weighted by atomic mass is 10.1. The third-order valence-corrected chi connectivity index (χ3v) is 7.40. The number of rotatable bonds is 9. The quantitative estimate of drug-likeness (QED) is 0.240. The van der Waals surface area contributed by atoms with E-state index in [2.05, 4.69) is 21.2 Å². The van der Waals surface area contributed by atoms with Gasteiger partial charge in [-0.05, 0) is 94.8 Å². The number of carbonyl (C=O) groups is 3. The Bertz CT molecular complexity index is 1470. The van der Waals surface area contributed by atoms with Gasteiger partial charge < -0.3 is 14.8 Å². The largest absolute Gasteiger partial charge is 0.490 e. The van der Waals surface area contributed by atoms with Crippen LogP contribution in [0.5, 0.6) is 11.5 Å². The highest BCUT2D eigenvalue weighted by molar-refractivity contribution is 9.10. The van der Waals surface area contributed by atoms with Crippen LogP contribution in [0.3, 0.4) is 0 Å². The van der Waals surface area contributed by atoms with Crippen molar-refractivity contribution >= 4 is 79.7 Å². The average Bonchev–Trinajstić information content (AvgIpc) is 3.13. The SMILES string of the molecule is CCOc1cc(/C=C2\SC(=O)N(CC(=O)Nc3ccc(F)cc3)C2=O)cc(Br)c1OCc1ccc(Cl)cc1Cl. The molecule has 3 amide bonds.